The number of aromatic nitrogens is 4. The highest BCUT2D eigenvalue weighted by atomic mass is 35.5. The average Bonchev–Trinajstić information content (AvgIpc) is 3.28. The Morgan fingerprint density at radius 1 is 1.11 bits per heavy atom. The lowest BCUT2D eigenvalue weighted by Gasteiger charge is -2.29. The zero-order valence-corrected chi connectivity index (χ0v) is 21.3. The second kappa shape index (κ2) is 9.64. The normalized spacial score (nSPS) is 14.8. The van der Waals surface area contributed by atoms with E-state index in [-0.39, 0.29) is 5.91 Å². The van der Waals surface area contributed by atoms with Gasteiger partial charge in [0.15, 0.2) is 5.82 Å². The first-order chi connectivity index (χ1) is 17.3. The van der Waals surface area contributed by atoms with Crippen LogP contribution in [0.5, 0.6) is 0 Å². The van der Waals surface area contributed by atoms with Crippen molar-refractivity contribution >= 4 is 46.4 Å². The minimum atomic E-state index is -0.634. The number of carbonyl (C=O) groups excluding carboxylic acids is 1. The van der Waals surface area contributed by atoms with E-state index in [0.717, 1.165) is 11.3 Å². The number of allylic oxidation sites excluding steroid dienone is 1. The number of hydrogen-bond acceptors (Lipinski definition) is 6. The molecule has 0 saturated carbocycles. The smallest absolute Gasteiger partial charge is 0.255 e. The molecule has 8 nitrogen and oxygen atoms in total. The molecule has 182 valence electrons. The Hall–Kier alpha value is -3.88. The molecule has 0 aliphatic carbocycles. The van der Waals surface area contributed by atoms with Gasteiger partial charge in [-0.2, -0.15) is 4.98 Å². The second-order valence-electron chi connectivity index (χ2n) is 8.57. The molecule has 4 aromatic rings. The number of nitrogens with one attached hydrogen (secondary N) is 2. The maximum absolute atomic E-state index is 13.6. The van der Waals surface area contributed by atoms with Gasteiger partial charge in [-0.25, -0.2) is 4.68 Å². The van der Waals surface area contributed by atoms with Crippen molar-refractivity contribution in [3.05, 3.63) is 93.9 Å². The topological polar surface area (TPSA) is 88.0 Å². The molecule has 0 radical (unpaired) electrons. The van der Waals surface area contributed by atoms with Crippen LogP contribution in [0.4, 0.5) is 17.3 Å². The van der Waals surface area contributed by atoms with Gasteiger partial charge in [0.05, 0.1) is 17.5 Å². The molecule has 10 heteroatoms. The Labute approximate surface area is 218 Å². The van der Waals surface area contributed by atoms with Crippen LogP contribution in [0, 0.1) is 0 Å². The zero-order valence-electron chi connectivity index (χ0n) is 19.8. The van der Waals surface area contributed by atoms with Crippen LogP contribution in [-0.4, -0.2) is 39.8 Å². The molecule has 0 spiro atoms. The maximum Gasteiger partial charge on any atom is 0.255 e. The summed E-state index contributed by atoms with van der Waals surface area (Å²) in [4.78, 5) is 24.4. The van der Waals surface area contributed by atoms with E-state index in [0.29, 0.717) is 44.3 Å². The van der Waals surface area contributed by atoms with Crippen LogP contribution in [-0.2, 0) is 4.79 Å². The summed E-state index contributed by atoms with van der Waals surface area (Å²) in [5.74, 6) is 0.731. The maximum atomic E-state index is 13.6. The van der Waals surface area contributed by atoms with Gasteiger partial charge in [-0.15, -0.1) is 5.10 Å². The van der Waals surface area contributed by atoms with Gasteiger partial charge in [-0.1, -0.05) is 29.3 Å². The Morgan fingerprint density at radius 2 is 1.89 bits per heavy atom. The van der Waals surface area contributed by atoms with Crippen LogP contribution in [0.15, 0.2) is 78.3 Å². The summed E-state index contributed by atoms with van der Waals surface area (Å²) in [7, 11) is 3.97. The third kappa shape index (κ3) is 4.53. The van der Waals surface area contributed by atoms with Crippen LogP contribution < -0.4 is 15.5 Å². The summed E-state index contributed by atoms with van der Waals surface area (Å²) in [6.07, 6.45) is 3.23. The van der Waals surface area contributed by atoms with Gasteiger partial charge in [-0.3, -0.25) is 9.78 Å². The molecule has 2 aromatic carbocycles. The highest BCUT2D eigenvalue weighted by Crippen LogP contribution is 2.40. The molecular formula is C26H23Cl2N7O. The van der Waals surface area contributed by atoms with Crippen molar-refractivity contribution in [1.29, 1.82) is 0 Å². The van der Waals surface area contributed by atoms with Crippen LogP contribution in [0.1, 0.15) is 18.5 Å². The van der Waals surface area contributed by atoms with E-state index in [1.807, 2.05) is 56.3 Å². The first-order valence-corrected chi connectivity index (χ1v) is 12.0. The van der Waals surface area contributed by atoms with Crippen molar-refractivity contribution in [3.8, 4) is 11.4 Å². The molecule has 3 heterocycles. The molecular weight excluding hydrogens is 497 g/mol. The fraction of sp³-hybridized carbons (Fsp3) is 0.154. The fourth-order valence-electron chi connectivity index (χ4n) is 4.12. The van der Waals surface area contributed by atoms with Crippen molar-refractivity contribution in [2.75, 3.05) is 29.6 Å². The van der Waals surface area contributed by atoms with E-state index in [9.17, 15) is 4.79 Å². The third-order valence-electron chi connectivity index (χ3n) is 5.92. The van der Waals surface area contributed by atoms with Gasteiger partial charge in [-0.05, 0) is 55.5 Å². The molecule has 5 rings (SSSR count). The Bertz CT molecular complexity index is 1460. The summed E-state index contributed by atoms with van der Waals surface area (Å²) in [6, 6.07) is 16.1. The van der Waals surface area contributed by atoms with Crippen molar-refractivity contribution in [1.82, 2.24) is 19.7 Å². The van der Waals surface area contributed by atoms with E-state index in [1.54, 1.807) is 41.3 Å². The van der Waals surface area contributed by atoms with E-state index >= 15 is 0 Å². The molecule has 2 N–H and O–H groups in total. The highest BCUT2D eigenvalue weighted by molar-refractivity contribution is 6.35. The Morgan fingerprint density at radius 3 is 2.56 bits per heavy atom. The number of fused-ring (bicyclic) bond motifs is 1. The molecule has 1 atom stereocenters. The van der Waals surface area contributed by atoms with Crippen molar-refractivity contribution in [2.45, 2.75) is 13.0 Å². The van der Waals surface area contributed by atoms with Gasteiger partial charge < -0.3 is 15.5 Å². The summed E-state index contributed by atoms with van der Waals surface area (Å²) in [6.45, 7) is 1.83. The van der Waals surface area contributed by atoms with Gasteiger partial charge in [0.25, 0.3) is 5.91 Å². The van der Waals surface area contributed by atoms with Crippen LogP contribution in [0.2, 0.25) is 10.0 Å². The largest absolute Gasteiger partial charge is 0.378 e. The number of carbonyl (C=O) groups is 1. The molecule has 0 fully saturated rings. The van der Waals surface area contributed by atoms with Crippen LogP contribution in [0.3, 0.4) is 0 Å². The number of benzene rings is 2. The van der Waals surface area contributed by atoms with Gasteiger partial charge in [0.1, 0.15) is 6.04 Å². The van der Waals surface area contributed by atoms with Crippen molar-refractivity contribution < 1.29 is 4.79 Å². The number of anilines is 3. The van der Waals surface area contributed by atoms with Crippen LogP contribution in [0.25, 0.3) is 11.4 Å². The van der Waals surface area contributed by atoms with E-state index < -0.39 is 6.04 Å². The second-order valence-corrected chi connectivity index (χ2v) is 9.42. The predicted octanol–water partition coefficient (Wildman–Crippen LogP) is 5.64. The Balaban J connectivity index is 1.60. The molecule has 1 aliphatic rings. The number of nitrogens with zero attached hydrogens (tertiary/aromatic N) is 5. The quantitative estimate of drug-likeness (QED) is 0.354. The predicted molar refractivity (Wildman–Crippen MR) is 144 cm³/mol. The minimum Gasteiger partial charge on any atom is -0.378 e. The summed E-state index contributed by atoms with van der Waals surface area (Å²) in [5.41, 5.74) is 4.27. The molecule has 2 aromatic heterocycles. The minimum absolute atomic E-state index is 0.304. The van der Waals surface area contributed by atoms with Crippen molar-refractivity contribution in [3.63, 3.8) is 0 Å². The monoisotopic (exact) mass is 519 g/mol. The lowest BCUT2D eigenvalue weighted by atomic mass is 9.95. The third-order valence-corrected chi connectivity index (χ3v) is 6.48. The average molecular weight is 520 g/mol. The number of amides is 1. The number of hydrogen-bond donors (Lipinski definition) is 2. The zero-order chi connectivity index (χ0) is 25.4. The molecule has 1 unspecified atom stereocenters. The first kappa shape index (κ1) is 23.8. The number of rotatable bonds is 5. The molecule has 0 bridgehead atoms. The lowest BCUT2D eigenvalue weighted by molar-refractivity contribution is -0.113. The summed E-state index contributed by atoms with van der Waals surface area (Å²) in [5, 5.41) is 11.9. The van der Waals surface area contributed by atoms with Gasteiger partial charge >= 0.3 is 0 Å². The first-order valence-electron chi connectivity index (χ1n) is 11.2. The standard InChI is InChI=1S/C26H23Cl2N7O/c1-15-22(25(36)31-18-5-4-12-29-14-18)23(20-11-8-17(27)13-21(20)28)35-26(30-15)32-24(33-35)16-6-9-19(10-7-16)34(2)3/h4-14,23H,1-3H3,(H,31,36)(H,30,32,33). The SMILES string of the molecule is CC1=C(C(=O)Nc2cccnc2)C(c2ccc(Cl)cc2Cl)n2nc(-c3ccc(N(C)C)cc3)nc2N1. The van der Waals surface area contributed by atoms with Gasteiger partial charge in [0.2, 0.25) is 5.95 Å². The summed E-state index contributed by atoms with van der Waals surface area (Å²) >= 11 is 12.8. The van der Waals surface area contributed by atoms with E-state index in [4.69, 9.17) is 33.3 Å². The molecule has 36 heavy (non-hydrogen) atoms. The highest BCUT2D eigenvalue weighted by Gasteiger charge is 2.35. The van der Waals surface area contributed by atoms with Crippen LogP contribution >= 0.6 is 23.2 Å². The fourth-order valence-corrected chi connectivity index (χ4v) is 4.63. The Kier molecular flexibility index (Phi) is 6.38. The lowest BCUT2D eigenvalue weighted by Crippen LogP contribution is -2.31. The number of halogens is 2. The van der Waals surface area contributed by atoms with Gasteiger partial charge in [0, 0.05) is 52.8 Å². The summed E-state index contributed by atoms with van der Waals surface area (Å²) < 4.78 is 1.69. The van der Waals surface area contributed by atoms with E-state index in [1.165, 1.54) is 0 Å². The van der Waals surface area contributed by atoms with Crippen molar-refractivity contribution in [2.24, 2.45) is 0 Å². The molecule has 1 amide bonds. The molecule has 1 aliphatic heterocycles. The van der Waals surface area contributed by atoms with E-state index in [2.05, 4.69) is 15.6 Å². The number of pyridine rings is 1. The molecule has 0 saturated heterocycles.